The van der Waals surface area contributed by atoms with Gasteiger partial charge in [-0.3, -0.25) is 14.3 Å². The third kappa shape index (κ3) is 2.55. The lowest BCUT2D eigenvalue weighted by Gasteiger charge is -2.01. The highest BCUT2D eigenvalue weighted by molar-refractivity contribution is 5.74. The minimum Gasteiger partial charge on any atom is -0.481 e. The normalized spacial score (nSPS) is 10.3. The van der Waals surface area contributed by atoms with Gasteiger partial charge in [0.2, 0.25) is 5.91 Å². The van der Waals surface area contributed by atoms with Crippen molar-refractivity contribution in [3.05, 3.63) is 17.0 Å². The number of rotatable bonds is 4. The molecule has 1 heterocycles. The molecule has 1 rings (SSSR count). The van der Waals surface area contributed by atoms with Crippen molar-refractivity contribution in [3.8, 4) is 0 Å². The van der Waals surface area contributed by atoms with Gasteiger partial charge in [-0.15, -0.1) is 0 Å². The zero-order valence-electron chi connectivity index (χ0n) is 8.65. The van der Waals surface area contributed by atoms with Crippen LogP contribution in [0.5, 0.6) is 0 Å². The molecule has 82 valence electrons. The molecule has 1 aromatic rings. The minimum atomic E-state index is -0.917. The van der Waals surface area contributed by atoms with Gasteiger partial charge in [-0.2, -0.15) is 5.10 Å². The van der Waals surface area contributed by atoms with Crippen LogP contribution in [0.15, 0.2) is 0 Å². The molecule has 0 aliphatic heterocycles. The van der Waals surface area contributed by atoms with Gasteiger partial charge in [0.1, 0.15) is 6.54 Å². The average Bonchev–Trinajstić information content (AvgIpc) is 2.31. The summed E-state index contributed by atoms with van der Waals surface area (Å²) in [5, 5.41) is 12.7. The van der Waals surface area contributed by atoms with Crippen LogP contribution in [0.4, 0.5) is 0 Å². The van der Waals surface area contributed by atoms with Gasteiger partial charge in [0.15, 0.2) is 0 Å². The minimum absolute atomic E-state index is 0.0215. The van der Waals surface area contributed by atoms with E-state index in [2.05, 4.69) is 5.10 Å². The van der Waals surface area contributed by atoms with Crippen LogP contribution >= 0.6 is 0 Å². The predicted molar refractivity (Wildman–Crippen MR) is 52.2 cm³/mol. The van der Waals surface area contributed by atoms with Crippen LogP contribution < -0.4 is 5.73 Å². The van der Waals surface area contributed by atoms with Crippen molar-refractivity contribution < 1.29 is 14.7 Å². The molecule has 3 N–H and O–H groups in total. The number of aromatic nitrogens is 2. The van der Waals surface area contributed by atoms with Crippen LogP contribution in [0.25, 0.3) is 0 Å². The van der Waals surface area contributed by atoms with Crippen molar-refractivity contribution in [3.63, 3.8) is 0 Å². The monoisotopic (exact) mass is 211 g/mol. The number of carboxylic acid groups (broad SMARTS) is 1. The largest absolute Gasteiger partial charge is 0.481 e. The molecular weight excluding hydrogens is 198 g/mol. The maximum absolute atomic E-state index is 10.7. The molecule has 0 aromatic carbocycles. The number of amides is 1. The summed E-state index contributed by atoms with van der Waals surface area (Å²) < 4.78 is 1.43. The fraction of sp³-hybridized carbons (Fsp3) is 0.444. The molecule has 6 heteroatoms. The van der Waals surface area contributed by atoms with E-state index < -0.39 is 11.9 Å². The summed E-state index contributed by atoms with van der Waals surface area (Å²) in [6.07, 6.45) is -0.0869. The number of aryl methyl sites for hydroxylation is 1. The molecule has 0 aliphatic rings. The van der Waals surface area contributed by atoms with Gasteiger partial charge < -0.3 is 10.8 Å². The maximum Gasteiger partial charge on any atom is 0.307 e. The maximum atomic E-state index is 10.7. The fourth-order valence-electron chi connectivity index (χ4n) is 1.44. The first-order valence-corrected chi connectivity index (χ1v) is 4.44. The summed E-state index contributed by atoms with van der Waals surface area (Å²) in [6, 6.07) is 0. The van der Waals surface area contributed by atoms with Crippen molar-refractivity contribution in [2.75, 3.05) is 0 Å². The SMILES string of the molecule is Cc1nn(CC(N)=O)c(C)c1CC(=O)O. The number of primary amides is 1. The second-order valence-corrected chi connectivity index (χ2v) is 3.34. The lowest BCUT2D eigenvalue weighted by atomic mass is 10.1. The van der Waals surface area contributed by atoms with E-state index in [0.29, 0.717) is 17.0 Å². The standard InChI is InChI=1S/C9H13N3O3/c1-5-7(3-9(14)15)6(2)12(11-5)4-8(10)13/h3-4H2,1-2H3,(H2,10,13)(H,14,15). The van der Waals surface area contributed by atoms with E-state index in [1.807, 2.05) is 0 Å². The number of nitrogens with two attached hydrogens (primary N) is 1. The number of aliphatic carboxylic acids is 1. The van der Waals surface area contributed by atoms with Crippen molar-refractivity contribution in [2.45, 2.75) is 26.8 Å². The van der Waals surface area contributed by atoms with Gasteiger partial charge in [-0.05, 0) is 13.8 Å². The average molecular weight is 211 g/mol. The molecule has 0 unspecified atom stereocenters. The van der Waals surface area contributed by atoms with Crippen LogP contribution in [0.1, 0.15) is 17.0 Å². The van der Waals surface area contributed by atoms with E-state index in [1.165, 1.54) is 4.68 Å². The highest BCUT2D eigenvalue weighted by atomic mass is 16.4. The lowest BCUT2D eigenvalue weighted by molar-refractivity contribution is -0.136. The molecule has 0 bridgehead atoms. The summed E-state index contributed by atoms with van der Waals surface area (Å²) >= 11 is 0. The second-order valence-electron chi connectivity index (χ2n) is 3.34. The van der Waals surface area contributed by atoms with Crippen LogP contribution in [0.2, 0.25) is 0 Å². The molecule has 0 radical (unpaired) electrons. The second kappa shape index (κ2) is 4.12. The molecule has 6 nitrogen and oxygen atoms in total. The molecular formula is C9H13N3O3. The number of nitrogens with zero attached hydrogens (tertiary/aromatic N) is 2. The fourth-order valence-corrected chi connectivity index (χ4v) is 1.44. The zero-order valence-corrected chi connectivity index (χ0v) is 8.65. The first-order chi connectivity index (χ1) is 6.91. The molecule has 0 spiro atoms. The summed E-state index contributed by atoms with van der Waals surface area (Å²) in [5.74, 6) is -1.41. The van der Waals surface area contributed by atoms with E-state index >= 15 is 0 Å². The van der Waals surface area contributed by atoms with Gasteiger partial charge >= 0.3 is 5.97 Å². The van der Waals surface area contributed by atoms with Crippen molar-refractivity contribution >= 4 is 11.9 Å². The van der Waals surface area contributed by atoms with Crippen molar-refractivity contribution in [2.24, 2.45) is 5.73 Å². The molecule has 0 fully saturated rings. The van der Waals surface area contributed by atoms with Crippen molar-refractivity contribution in [1.29, 1.82) is 0 Å². The van der Waals surface area contributed by atoms with Gasteiger partial charge in [-0.1, -0.05) is 0 Å². The third-order valence-corrected chi connectivity index (χ3v) is 2.16. The Morgan fingerprint density at radius 3 is 2.53 bits per heavy atom. The molecule has 0 saturated carbocycles. The molecule has 0 saturated heterocycles. The quantitative estimate of drug-likeness (QED) is 0.708. The van der Waals surface area contributed by atoms with E-state index in [4.69, 9.17) is 10.8 Å². The molecule has 1 aromatic heterocycles. The number of hydrogen-bond donors (Lipinski definition) is 2. The topological polar surface area (TPSA) is 98.2 Å². The van der Waals surface area contributed by atoms with Crippen LogP contribution in [-0.4, -0.2) is 26.8 Å². The van der Waals surface area contributed by atoms with Gasteiger partial charge in [-0.25, -0.2) is 0 Å². The number of carboxylic acids is 1. The van der Waals surface area contributed by atoms with E-state index in [9.17, 15) is 9.59 Å². The Balaban J connectivity index is 3.03. The zero-order chi connectivity index (χ0) is 11.6. The van der Waals surface area contributed by atoms with E-state index in [0.717, 1.165) is 0 Å². The first-order valence-electron chi connectivity index (χ1n) is 4.44. The Kier molecular flexibility index (Phi) is 3.08. The summed E-state index contributed by atoms with van der Waals surface area (Å²) in [4.78, 5) is 21.3. The Morgan fingerprint density at radius 2 is 2.07 bits per heavy atom. The van der Waals surface area contributed by atoms with Crippen LogP contribution in [-0.2, 0) is 22.6 Å². The number of hydrogen-bond acceptors (Lipinski definition) is 3. The Hall–Kier alpha value is -1.85. The molecule has 1 amide bonds. The van der Waals surface area contributed by atoms with E-state index in [-0.39, 0.29) is 13.0 Å². The molecule has 15 heavy (non-hydrogen) atoms. The highest BCUT2D eigenvalue weighted by Crippen LogP contribution is 2.13. The van der Waals surface area contributed by atoms with Gasteiger partial charge in [0, 0.05) is 11.3 Å². The number of carbonyl (C=O) groups is 2. The van der Waals surface area contributed by atoms with Gasteiger partial charge in [0.25, 0.3) is 0 Å². The summed E-state index contributed by atoms with van der Waals surface area (Å²) in [7, 11) is 0. The summed E-state index contributed by atoms with van der Waals surface area (Å²) in [5.41, 5.74) is 6.98. The predicted octanol–water partition coefficient (Wildman–Crippen LogP) is -0.388. The van der Waals surface area contributed by atoms with Crippen LogP contribution in [0.3, 0.4) is 0 Å². The van der Waals surface area contributed by atoms with Crippen molar-refractivity contribution in [1.82, 2.24) is 9.78 Å². The Bertz CT molecular complexity index is 409. The Morgan fingerprint density at radius 1 is 1.47 bits per heavy atom. The van der Waals surface area contributed by atoms with E-state index in [1.54, 1.807) is 13.8 Å². The van der Waals surface area contributed by atoms with Crippen LogP contribution in [0, 0.1) is 13.8 Å². The first kappa shape index (κ1) is 11.2. The Labute approximate surface area is 86.7 Å². The molecule has 0 aliphatic carbocycles. The lowest BCUT2D eigenvalue weighted by Crippen LogP contribution is -2.20. The molecule has 0 atom stereocenters. The third-order valence-electron chi connectivity index (χ3n) is 2.16. The summed E-state index contributed by atoms with van der Waals surface area (Å²) in [6.45, 7) is 3.41. The van der Waals surface area contributed by atoms with Gasteiger partial charge in [0.05, 0.1) is 12.1 Å². The highest BCUT2D eigenvalue weighted by Gasteiger charge is 2.14. The smallest absolute Gasteiger partial charge is 0.307 e. The number of carbonyl (C=O) groups excluding carboxylic acids is 1.